The zero-order chi connectivity index (χ0) is 17.9. The molecule has 24 heavy (non-hydrogen) atoms. The second kappa shape index (κ2) is 7.23. The van der Waals surface area contributed by atoms with Gasteiger partial charge >= 0.3 is 6.03 Å². The Morgan fingerprint density at radius 3 is 2.71 bits per heavy atom. The molecule has 0 radical (unpaired) electrons. The molecule has 0 saturated carbocycles. The fraction of sp³-hybridized carbons (Fsp3) is 0.500. The van der Waals surface area contributed by atoms with Gasteiger partial charge in [0.2, 0.25) is 0 Å². The first-order valence-electron chi connectivity index (χ1n) is 7.71. The number of aromatic nitrogens is 3. The van der Waals surface area contributed by atoms with Crippen LogP contribution in [0.4, 0.5) is 9.93 Å². The molecule has 2 heterocycles. The smallest absolute Gasteiger partial charge is 0.321 e. The highest BCUT2D eigenvalue weighted by Gasteiger charge is 2.19. The van der Waals surface area contributed by atoms with Crippen LogP contribution in [0.15, 0.2) is 12.3 Å². The van der Waals surface area contributed by atoms with Gasteiger partial charge in [-0.15, -0.1) is 0 Å². The van der Waals surface area contributed by atoms with Gasteiger partial charge in [0, 0.05) is 18.2 Å². The van der Waals surface area contributed by atoms with Crippen LogP contribution in [0.2, 0.25) is 0 Å². The number of aryl methyl sites for hydroxylation is 1. The fourth-order valence-corrected chi connectivity index (χ4v) is 2.85. The number of nitrogens with one attached hydrogen (secondary N) is 2. The molecule has 1 atom stereocenters. The lowest BCUT2D eigenvalue weighted by Crippen LogP contribution is -2.34. The number of carbonyl (C=O) groups is 1. The molecule has 0 bridgehead atoms. The van der Waals surface area contributed by atoms with Gasteiger partial charge in [-0.05, 0) is 19.9 Å². The number of thiazole rings is 1. The molecule has 2 rings (SSSR count). The van der Waals surface area contributed by atoms with Crippen LogP contribution in [0.3, 0.4) is 0 Å². The van der Waals surface area contributed by atoms with Gasteiger partial charge in [-0.3, -0.25) is 5.32 Å². The molecule has 0 aromatic carbocycles. The predicted molar refractivity (Wildman–Crippen MR) is 95.3 cm³/mol. The number of hydrogen-bond donors (Lipinski definition) is 3. The van der Waals surface area contributed by atoms with Crippen molar-refractivity contribution in [3.8, 4) is 10.6 Å². The largest absolute Gasteiger partial charge is 0.392 e. The number of nitrogens with zero attached hydrogens (tertiary/aromatic N) is 3. The summed E-state index contributed by atoms with van der Waals surface area (Å²) in [6.07, 6.45) is 1.14. The van der Waals surface area contributed by atoms with E-state index in [-0.39, 0.29) is 12.0 Å². The number of aliphatic hydroxyl groups is 1. The fourth-order valence-electron chi connectivity index (χ4n) is 1.92. The van der Waals surface area contributed by atoms with Gasteiger partial charge in [-0.25, -0.2) is 19.7 Å². The molecule has 0 aliphatic rings. The number of carbonyl (C=O) groups excluding carboxylic acids is 1. The van der Waals surface area contributed by atoms with Gasteiger partial charge in [0.05, 0.1) is 22.4 Å². The van der Waals surface area contributed by atoms with Crippen molar-refractivity contribution in [1.82, 2.24) is 20.3 Å². The quantitative estimate of drug-likeness (QED) is 0.788. The van der Waals surface area contributed by atoms with Crippen LogP contribution in [0.5, 0.6) is 0 Å². The first kappa shape index (κ1) is 18.3. The maximum atomic E-state index is 11.8. The Kier molecular flexibility index (Phi) is 5.51. The van der Waals surface area contributed by atoms with Crippen molar-refractivity contribution in [2.45, 2.75) is 46.1 Å². The molecule has 1 unspecified atom stereocenters. The highest BCUT2D eigenvalue weighted by molar-refractivity contribution is 7.19. The Bertz CT molecular complexity index is 721. The van der Waals surface area contributed by atoms with Crippen LogP contribution < -0.4 is 10.6 Å². The third-order valence-electron chi connectivity index (χ3n) is 3.13. The summed E-state index contributed by atoms with van der Waals surface area (Å²) in [6, 6.07) is 1.45. The van der Waals surface area contributed by atoms with Gasteiger partial charge in [-0.1, -0.05) is 32.1 Å². The number of hydrogen-bond acceptors (Lipinski definition) is 6. The summed E-state index contributed by atoms with van der Waals surface area (Å²) in [5, 5.41) is 14.9. The van der Waals surface area contributed by atoms with Crippen molar-refractivity contribution >= 4 is 22.5 Å². The molecule has 0 spiro atoms. The summed E-state index contributed by atoms with van der Waals surface area (Å²) in [6.45, 7) is 9.85. The van der Waals surface area contributed by atoms with Gasteiger partial charge in [0.25, 0.3) is 0 Å². The second-order valence-corrected chi connectivity index (χ2v) is 7.63. The minimum absolute atomic E-state index is 0.142. The zero-order valence-electron chi connectivity index (χ0n) is 14.5. The first-order valence-corrected chi connectivity index (χ1v) is 8.52. The van der Waals surface area contributed by atoms with E-state index in [4.69, 9.17) is 0 Å². The van der Waals surface area contributed by atoms with Crippen LogP contribution >= 0.6 is 11.3 Å². The van der Waals surface area contributed by atoms with Crippen LogP contribution in [0, 0.1) is 6.92 Å². The number of rotatable bonds is 4. The molecule has 0 aliphatic carbocycles. The summed E-state index contributed by atoms with van der Waals surface area (Å²) < 4.78 is 0. The topological polar surface area (TPSA) is 100 Å². The SMILES string of the molecule is Cc1nc(NC(=O)NCC(C)O)sc1-c1ccnc(C(C)(C)C)n1. The van der Waals surface area contributed by atoms with Crippen LogP contribution in [0.25, 0.3) is 10.6 Å². The minimum Gasteiger partial charge on any atom is -0.392 e. The number of amides is 2. The summed E-state index contributed by atoms with van der Waals surface area (Å²) in [5.41, 5.74) is 1.45. The van der Waals surface area contributed by atoms with Gasteiger partial charge < -0.3 is 10.4 Å². The number of aliphatic hydroxyl groups excluding tert-OH is 1. The molecule has 2 aromatic rings. The van der Waals surface area contributed by atoms with Crippen molar-refractivity contribution in [3.05, 3.63) is 23.8 Å². The van der Waals surface area contributed by atoms with Crippen LogP contribution in [-0.4, -0.2) is 38.7 Å². The molecular weight excluding hydrogens is 326 g/mol. The van der Waals surface area contributed by atoms with Gasteiger partial charge in [0.15, 0.2) is 5.13 Å². The van der Waals surface area contributed by atoms with E-state index in [1.807, 2.05) is 13.0 Å². The molecule has 0 fully saturated rings. The summed E-state index contributed by atoms with van der Waals surface area (Å²) >= 11 is 1.36. The standard InChI is InChI=1S/C16H23N5O2S/c1-9(22)8-18-14(23)21-15-19-10(2)12(24-15)11-6-7-17-13(20-11)16(3,4)5/h6-7,9,22H,8H2,1-5H3,(H2,18,19,21,23). The Balaban J connectivity index is 2.19. The molecule has 3 N–H and O–H groups in total. The van der Waals surface area contributed by atoms with E-state index in [0.29, 0.717) is 5.13 Å². The van der Waals surface area contributed by atoms with Gasteiger partial charge in [-0.2, -0.15) is 0 Å². The Morgan fingerprint density at radius 1 is 1.38 bits per heavy atom. The monoisotopic (exact) mass is 349 g/mol. The normalized spacial score (nSPS) is 12.8. The lowest BCUT2D eigenvalue weighted by atomic mass is 9.95. The van der Waals surface area contributed by atoms with E-state index in [2.05, 4.69) is 46.4 Å². The van der Waals surface area contributed by atoms with Crippen molar-refractivity contribution in [2.24, 2.45) is 0 Å². The summed E-state index contributed by atoms with van der Waals surface area (Å²) in [4.78, 5) is 26.0. The maximum Gasteiger partial charge on any atom is 0.321 e. The lowest BCUT2D eigenvalue weighted by molar-refractivity contribution is 0.190. The average Bonchev–Trinajstić information content (AvgIpc) is 2.85. The first-order chi connectivity index (χ1) is 11.2. The Hall–Kier alpha value is -2.06. The number of urea groups is 1. The van der Waals surface area contributed by atoms with Crippen molar-refractivity contribution in [1.29, 1.82) is 0 Å². The van der Waals surface area contributed by atoms with E-state index < -0.39 is 12.1 Å². The van der Waals surface area contributed by atoms with Crippen LogP contribution in [0.1, 0.15) is 39.2 Å². The third kappa shape index (κ3) is 4.72. The zero-order valence-corrected chi connectivity index (χ0v) is 15.4. The van der Waals surface area contributed by atoms with Crippen molar-refractivity contribution < 1.29 is 9.90 Å². The summed E-state index contributed by atoms with van der Waals surface area (Å²) in [7, 11) is 0. The molecule has 8 heteroatoms. The number of anilines is 1. The van der Waals surface area contributed by atoms with E-state index >= 15 is 0 Å². The van der Waals surface area contributed by atoms with Crippen molar-refractivity contribution in [3.63, 3.8) is 0 Å². The molecular formula is C16H23N5O2S. The Morgan fingerprint density at radius 2 is 2.08 bits per heavy atom. The summed E-state index contributed by atoms with van der Waals surface area (Å²) in [5.74, 6) is 0.761. The van der Waals surface area contributed by atoms with Crippen molar-refractivity contribution in [2.75, 3.05) is 11.9 Å². The maximum absolute atomic E-state index is 11.8. The van der Waals surface area contributed by atoms with E-state index in [1.54, 1.807) is 13.1 Å². The van der Waals surface area contributed by atoms with E-state index in [0.717, 1.165) is 22.1 Å². The molecule has 2 amide bonds. The molecule has 7 nitrogen and oxygen atoms in total. The minimum atomic E-state index is -0.596. The van der Waals surface area contributed by atoms with Gasteiger partial charge in [0.1, 0.15) is 5.82 Å². The van der Waals surface area contributed by atoms with E-state index in [9.17, 15) is 9.90 Å². The highest BCUT2D eigenvalue weighted by atomic mass is 32.1. The molecule has 130 valence electrons. The van der Waals surface area contributed by atoms with Crippen LogP contribution in [-0.2, 0) is 5.41 Å². The molecule has 0 aliphatic heterocycles. The second-order valence-electron chi connectivity index (χ2n) is 6.63. The average molecular weight is 349 g/mol. The third-order valence-corrected chi connectivity index (χ3v) is 4.23. The highest BCUT2D eigenvalue weighted by Crippen LogP contribution is 2.32. The lowest BCUT2D eigenvalue weighted by Gasteiger charge is -2.16. The van der Waals surface area contributed by atoms with E-state index in [1.165, 1.54) is 11.3 Å². The Labute approximate surface area is 145 Å². The predicted octanol–water partition coefficient (Wildman–Crippen LogP) is 2.71. The molecule has 0 saturated heterocycles. The molecule has 2 aromatic heterocycles.